The molecule has 0 aromatic carbocycles. The third-order valence-corrected chi connectivity index (χ3v) is 5.36. The Bertz CT molecular complexity index is 746. The molecule has 0 amide bonds. The number of thiophene rings is 1. The Hall–Kier alpha value is -1.40. The molecule has 0 spiro atoms. The molecule has 0 unspecified atom stereocenters. The summed E-state index contributed by atoms with van der Waals surface area (Å²) in [4.78, 5) is 30.9. The molecule has 0 radical (unpaired) electrons. The lowest BCUT2D eigenvalue weighted by Gasteiger charge is -2.10. The van der Waals surface area contributed by atoms with Crippen molar-refractivity contribution in [2.75, 3.05) is 6.61 Å². The molecule has 1 N–H and O–H groups in total. The Morgan fingerprint density at radius 3 is 2.86 bits per heavy atom. The van der Waals surface area contributed by atoms with E-state index in [-0.39, 0.29) is 17.0 Å². The van der Waals surface area contributed by atoms with Crippen LogP contribution in [0.15, 0.2) is 4.79 Å². The summed E-state index contributed by atoms with van der Waals surface area (Å²) in [5.74, 6) is -0.102. The van der Waals surface area contributed by atoms with Gasteiger partial charge in [0.1, 0.15) is 10.0 Å². The number of aromatic nitrogens is 2. The highest BCUT2D eigenvalue weighted by molar-refractivity contribution is 7.21. The second-order valence-electron chi connectivity index (χ2n) is 5.08. The third-order valence-electron chi connectivity index (χ3n) is 3.77. The standard InChI is InChI=1S/C14H15ClN2O3S/c1-2-20-13(18)10-8(7-5-3-4-6-7)9-11(21-10)12(15)17-14(19)16-9/h7H,2-6H2,1H3,(H,16,17,19). The van der Waals surface area contributed by atoms with E-state index in [4.69, 9.17) is 16.3 Å². The van der Waals surface area contributed by atoms with Crippen molar-refractivity contribution in [3.63, 3.8) is 0 Å². The number of nitrogens with one attached hydrogen (secondary N) is 1. The molecule has 1 fully saturated rings. The van der Waals surface area contributed by atoms with Gasteiger partial charge in [0.25, 0.3) is 0 Å². The number of hydrogen-bond donors (Lipinski definition) is 1. The molecule has 2 heterocycles. The molecule has 2 aromatic rings. The normalized spacial score (nSPS) is 15.7. The Labute approximate surface area is 130 Å². The number of fused-ring (bicyclic) bond motifs is 1. The number of H-pyrrole nitrogens is 1. The highest BCUT2D eigenvalue weighted by Crippen LogP contribution is 2.43. The SMILES string of the molecule is CCOC(=O)c1sc2c(Cl)[nH]c(=O)nc2c1C1CCCC1. The summed E-state index contributed by atoms with van der Waals surface area (Å²) in [6.45, 7) is 2.09. The first kappa shape index (κ1) is 14.5. The van der Waals surface area contributed by atoms with Gasteiger partial charge in [-0.3, -0.25) is 4.98 Å². The largest absolute Gasteiger partial charge is 0.462 e. The van der Waals surface area contributed by atoms with Crippen molar-refractivity contribution in [1.82, 2.24) is 9.97 Å². The van der Waals surface area contributed by atoms with Gasteiger partial charge >= 0.3 is 11.7 Å². The lowest BCUT2D eigenvalue weighted by molar-refractivity contribution is 0.0530. The zero-order valence-corrected chi connectivity index (χ0v) is 13.1. The summed E-state index contributed by atoms with van der Waals surface area (Å²) in [5.41, 5.74) is 0.919. The summed E-state index contributed by atoms with van der Waals surface area (Å²) in [7, 11) is 0. The van der Waals surface area contributed by atoms with E-state index in [0.717, 1.165) is 31.2 Å². The zero-order valence-electron chi connectivity index (χ0n) is 11.6. The molecule has 21 heavy (non-hydrogen) atoms. The van der Waals surface area contributed by atoms with E-state index < -0.39 is 5.69 Å². The van der Waals surface area contributed by atoms with Crippen LogP contribution in [0, 0.1) is 0 Å². The van der Waals surface area contributed by atoms with Crippen molar-refractivity contribution in [2.45, 2.75) is 38.5 Å². The van der Waals surface area contributed by atoms with Crippen LogP contribution in [0.25, 0.3) is 10.2 Å². The van der Waals surface area contributed by atoms with Crippen LogP contribution in [-0.2, 0) is 4.74 Å². The molecule has 1 aliphatic rings. The van der Waals surface area contributed by atoms with Crippen LogP contribution < -0.4 is 5.69 Å². The first-order chi connectivity index (χ1) is 10.1. The van der Waals surface area contributed by atoms with Crippen molar-refractivity contribution in [3.8, 4) is 0 Å². The fourth-order valence-corrected chi connectivity index (χ4v) is 4.32. The van der Waals surface area contributed by atoms with Gasteiger partial charge in [-0.25, -0.2) is 9.59 Å². The van der Waals surface area contributed by atoms with Crippen molar-refractivity contribution in [1.29, 1.82) is 0 Å². The number of esters is 1. The minimum Gasteiger partial charge on any atom is -0.462 e. The summed E-state index contributed by atoms with van der Waals surface area (Å²) < 4.78 is 5.79. The minimum atomic E-state index is -0.486. The van der Waals surface area contributed by atoms with Crippen LogP contribution >= 0.6 is 22.9 Å². The maximum Gasteiger partial charge on any atom is 0.348 e. The van der Waals surface area contributed by atoms with Crippen molar-refractivity contribution in [2.24, 2.45) is 0 Å². The number of halogens is 1. The van der Waals surface area contributed by atoms with Gasteiger partial charge in [0.05, 0.1) is 16.8 Å². The Morgan fingerprint density at radius 2 is 2.19 bits per heavy atom. The Morgan fingerprint density at radius 1 is 1.48 bits per heavy atom. The molecule has 1 saturated carbocycles. The number of nitrogens with zero attached hydrogens (tertiary/aromatic N) is 1. The van der Waals surface area contributed by atoms with Crippen LogP contribution in [0.4, 0.5) is 0 Å². The summed E-state index contributed by atoms with van der Waals surface area (Å²) in [6, 6.07) is 0. The van der Waals surface area contributed by atoms with Gasteiger partial charge in [0, 0.05) is 5.56 Å². The number of hydrogen-bond acceptors (Lipinski definition) is 5. The quantitative estimate of drug-likeness (QED) is 0.692. The molecule has 0 bridgehead atoms. The van der Waals surface area contributed by atoms with Crippen LogP contribution in [0.2, 0.25) is 5.15 Å². The highest BCUT2D eigenvalue weighted by Gasteiger charge is 2.29. The van der Waals surface area contributed by atoms with Gasteiger partial charge in [-0.05, 0) is 25.7 Å². The van der Waals surface area contributed by atoms with E-state index in [1.807, 2.05) is 0 Å². The van der Waals surface area contributed by atoms with Gasteiger partial charge in [-0.1, -0.05) is 24.4 Å². The number of carbonyl (C=O) groups is 1. The predicted molar refractivity (Wildman–Crippen MR) is 82.4 cm³/mol. The van der Waals surface area contributed by atoms with Crippen LogP contribution in [-0.4, -0.2) is 22.5 Å². The van der Waals surface area contributed by atoms with Gasteiger partial charge < -0.3 is 4.74 Å². The number of rotatable bonds is 3. The van der Waals surface area contributed by atoms with E-state index in [9.17, 15) is 9.59 Å². The molecule has 3 rings (SSSR count). The Balaban J connectivity index is 2.25. The third kappa shape index (κ3) is 2.58. The van der Waals surface area contributed by atoms with E-state index in [1.54, 1.807) is 6.92 Å². The van der Waals surface area contributed by atoms with E-state index in [0.29, 0.717) is 21.7 Å². The molecule has 0 aliphatic heterocycles. The van der Waals surface area contributed by atoms with Crippen LogP contribution in [0.5, 0.6) is 0 Å². The summed E-state index contributed by atoms with van der Waals surface area (Å²) >= 11 is 7.35. The molecule has 7 heteroatoms. The maximum absolute atomic E-state index is 12.2. The summed E-state index contributed by atoms with van der Waals surface area (Å²) in [5, 5.41) is 0.241. The lowest BCUT2D eigenvalue weighted by atomic mass is 9.97. The lowest BCUT2D eigenvalue weighted by Crippen LogP contribution is -2.11. The number of aromatic amines is 1. The first-order valence-corrected chi connectivity index (χ1v) is 8.20. The van der Waals surface area contributed by atoms with Gasteiger partial charge in [-0.2, -0.15) is 4.98 Å². The second kappa shape index (κ2) is 5.77. The van der Waals surface area contributed by atoms with Crippen molar-refractivity contribution in [3.05, 3.63) is 26.1 Å². The van der Waals surface area contributed by atoms with E-state index in [2.05, 4.69) is 9.97 Å². The van der Waals surface area contributed by atoms with E-state index in [1.165, 1.54) is 11.3 Å². The van der Waals surface area contributed by atoms with Crippen molar-refractivity contribution >= 4 is 39.1 Å². The monoisotopic (exact) mass is 326 g/mol. The molecule has 2 aromatic heterocycles. The smallest absolute Gasteiger partial charge is 0.348 e. The van der Waals surface area contributed by atoms with Gasteiger partial charge in [-0.15, -0.1) is 11.3 Å². The molecule has 112 valence electrons. The van der Waals surface area contributed by atoms with E-state index >= 15 is 0 Å². The fourth-order valence-electron chi connectivity index (χ4n) is 2.92. The van der Waals surface area contributed by atoms with Crippen LogP contribution in [0.3, 0.4) is 0 Å². The highest BCUT2D eigenvalue weighted by atomic mass is 35.5. The average Bonchev–Trinajstić information content (AvgIpc) is 3.04. The zero-order chi connectivity index (χ0) is 15.0. The Kier molecular flexibility index (Phi) is 3.99. The molecule has 1 aliphatic carbocycles. The fraction of sp³-hybridized carbons (Fsp3) is 0.500. The second-order valence-corrected chi connectivity index (χ2v) is 6.48. The van der Waals surface area contributed by atoms with Crippen molar-refractivity contribution < 1.29 is 9.53 Å². The molecular weight excluding hydrogens is 312 g/mol. The average molecular weight is 327 g/mol. The van der Waals surface area contributed by atoms with Crippen LogP contribution in [0.1, 0.15) is 53.8 Å². The summed E-state index contributed by atoms with van der Waals surface area (Å²) in [6.07, 6.45) is 4.26. The molecule has 0 saturated heterocycles. The minimum absolute atomic E-state index is 0.241. The van der Waals surface area contributed by atoms with Gasteiger partial charge in [0.2, 0.25) is 0 Å². The molecular formula is C14H15ClN2O3S. The number of ether oxygens (including phenoxy) is 1. The number of carbonyl (C=O) groups excluding carboxylic acids is 1. The maximum atomic E-state index is 12.2. The van der Waals surface area contributed by atoms with Gasteiger partial charge in [0.15, 0.2) is 0 Å². The predicted octanol–water partition coefficient (Wildman–Crippen LogP) is 3.47. The first-order valence-electron chi connectivity index (χ1n) is 7.01. The topological polar surface area (TPSA) is 72.1 Å². The molecule has 0 atom stereocenters. The molecule has 5 nitrogen and oxygen atoms in total.